The fraction of sp³-hybridized carbons (Fsp3) is 0.217. The van der Waals surface area contributed by atoms with Gasteiger partial charge >= 0.3 is 0 Å². The van der Waals surface area contributed by atoms with Gasteiger partial charge in [0, 0.05) is 24.1 Å². The van der Waals surface area contributed by atoms with Crippen LogP contribution in [-0.2, 0) is 6.42 Å². The SMILES string of the molecule is CNc1ccc(/C=C2\C[C@H](C)Cc3c2nc2ccccc2c3C(=O)[O-])cc1[N+](=O)[O-]. The Bertz CT molecular complexity index is 1220. The number of carboxylic acid groups (broad SMARTS) is 1. The van der Waals surface area contributed by atoms with Crippen LogP contribution in [0, 0.1) is 16.0 Å². The molecule has 0 saturated heterocycles. The summed E-state index contributed by atoms with van der Waals surface area (Å²) in [7, 11) is 1.63. The lowest BCUT2D eigenvalue weighted by Crippen LogP contribution is -2.27. The van der Waals surface area contributed by atoms with Crippen LogP contribution in [0.1, 0.15) is 40.5 Å². The number of benzene rings is 2. The van der Waals surface area contributed by atoms with Crippen LogP contribution < -0.4 is 10.4 Å². The molecule has 7 nitrogen and oxygen atoms in total. The van der Waals surface area contributed by atoms with Crippen LogP contribution in [0.3, 0.4) is 0 Å². The van der Waals surface area contributed by atoms with Crippen LogP contribution in [0.15, 0.2) is 42.5 Å². The van der Waals surface area contributed by atoms with Gasteiger partial charge in [-0.3, -0.25) is 10.1 Å². The molecule has 2 aromatic carbocycles. The number of hydrogen-bond donors (Lipinski definition) is 1. The van der Waals surface area contributed by atoms with Gasteiger partial charge in [0.25, 0.3) is 5.69 Å². The molecule has 7 heteroatoms. The first-order valence-corrected chi connectivity index (χ1v) is 9.69. The minimum atomic E-state index is -1.22. The van der Waals surface area contributed by atoms with Crippen LogP contribution in [0.25, 0.3) is 22.6 Å². The maximum Gasteiger partial charge on any atom is 0.292 e. The van der Waals surface area contributed by atoms with Gasteiger partial charge in [-0.15, -0.1) is 0 Å². The van der Waals surface area contributed by atoms with E-state index in [0.717, 1.165) is 5.57 Å². The fourth-order valence-electron chi connectivity index (χ4n) is 4.17. The zero-order valence-corrected chi connectivity index (χ0v) is 16.6. The Kier molecular flexibility index (Phi) is 4.95. The summed E-state index contributed by atoms with van der Waals surface area (Å²) in [6.07, 6.45) is 3.15. The van der Waals surface area contributed by atoms with Crippen LogP contribution in [0.2, 0.25) is 0 Å². The van der Waals surface area contributed by atoms with E-state index in [9.17, 15) is 20.0 Å². The monoisotopic (exact) mass is 402 g/mol. The van der Waals surface area contributed by atoms with E-state index < -0.39 is 10.9 Å². The van der Waals surface area contributed by atoms with Crippen LogP contribution in [-0.4, -0.2) is 22.9 Å². The number of nitro benzene ring substituents is 1. The molecule has 0 bridgehead atoms. The van der Waals surface area contributed by atoms with E-state index >= 15 is 0 Å². The molecule has 1 aliphatic rings. The van der Waals surface area contributed by atoms with Crippen molar-refractivity contribution in [1.82, 2.24) is 4.98 Å². The molecule has 1 aromatic heterocycles. The van der Waals surface area contributed by atoms with Gasteiger partial charge in [0.2, 0.25) is 0 Å². The van der Waals surface area contributed by atoms with E-state index in [1.54, 1.807) is 37.4 Å². The highest BCUT2D eigenvalue weighted by atomic mass is 16.6. The highest BCUT2D eigenvalue weighted by molar-refractivity contribution is 6.05. The van der Waals surface area contributed by atoms with Gasteiger partial charge in [-0.05, 0) is 53.7 Å². The largest absolute Gasteiger partial charge is 0.545 e. The second-order valence-corrected chi connectivity index (χ2v) is 7.59. The number of rotatable bonds is 4. The molecule has 0 fully saturated rings. The first kappa shape index (κ1) is 19.6. The molecule has 152 valence electrons. The van der Waals surface area contributed by atoms with E-state index in [2.05, 4.69) is 12.2 Å². The molecule has 30 heavy (non-hydrogen) atoms. The number of aromatic nitrogens is 1. The molecule has 0 saturated carbocycles. The van der Waals surface area contributed by atoms with Crippen molar-refractivity contribution in [1.29, 1.82) is 0 Å². The normalized spacial score (nSPS) is 17.0. The van der Waals surface area contributed by atoms with Crippen LogP contribution in [0.5, 0.6) is 0 Å². The molecule has 0 amide bonds. The Morgan fingerprint density at radius 1 is 1.23 bits per heavy atom. The number of carbonyl (C=O) groups is 1. The maximum absolute atomic E-state index is 12.0. The Morgan fingerprint density at radius 3 is 2.70 bits per heavy atom. The van der Waals surface area contributed by atoms with Crippen molar-refractivity contribution >= 4 is 39.9 Å². The van der Waals surface area contributed by atoms with Crippen molar-refractivity contribution in [3.05, 3.63) is 75.0 Å². The zero-order valence-electron chi connectivity index (χ0n) is 16.6. The molecule has 1 aliphatic carbocycles. The third-order valence-electron chi connectivity index (χ3n) is 5.45. The second kappa shape index (κ2) is 7.59. The number of pyridine rings is 1. The number of carboxylic acids is 1. The Hall–Kier alpha value is -3.74. The molecule has 0 spiro atoms. The first-order chi connectivity index (χ1) is 14.4. The zero-order chi connectivity index (χ0) is 21.4. The summed E-state index contributed by atoms with van der Waals surface area (Å²) in [6, 6.07) is 12.1. The minimum Gasteiger partial charge on any atom is -0.545 e. The summed E-state index contributed by atoms with van der Waals surface area (Å²) in [5.41, 5.74) is 4.02. The summed E-state index contributed by atoms with van der Waals surface area (Å²) in [6.45, 7) is 2.05. The van der Waals surface area contributed by atoms with Gasteiger partial charge in [0.15, 0.2) is 0 Å². The number of para-hydroxylation sites is 1. The summed E-state index contributed by atoms with van der Waals surface area (Å²) in [5, 5.41) is 26.8. The predicted octanol–water partition coefficient (Wildman–Crippen LogP) is 3.67. The Labute approximate surface area is 173 Å². The number of nitrogens with zero attached hydrogens (tertiary/aromatic N) is 2. The minimum absolute atomic E-state index is 0.0159. The van der Waals surface area contributed by atoms with Crippen molar-refractivity contribution in [3.63, 3.8) is 0 Å². The van der Waals surface area contributed by atoms with Crippen LogP contribution in [0.4, 0.5) is 11.4 Å². The molecule has 0 aliphatic heterocycles. The van der Waals surface area contributed by atoms with Gasteiger partial charge in [0.1, 0.15) is 5.69 Å². The molecule has 1 heterocycles. The highest BCUT2D eigenvalue weighted by Gasteiger charge is 2.26. The van der Waals surface area contributed by atoms with Gasteiger partial charge in [-0.1, -0.05) is 31.2 Å². The number of fused-ring (bicyclic) bond motifs is 2. The smallest absolute Gasteiger partial charge is 0.292 e. The quantitative estimate of drug-likeness (QED) is 0.527. The first-order valence-electron chi connectivity index (χ1n) is 9.69. The summed E-state index contributed by atoms with van der Waals surface area (Å²) >= 11 is 0. The molecule has 1 N–H and O–H groups in total. The van der Waals surface area contributed by atoms with E-state index in [0.29, 0.717) is 46.3 Å². The lowest BCUT2D eigenvalue weighted by atomic mass is 9.80. The third kappa shape index (κ3) is 3.39. The standard InChI is InChI=1S/C23H21N3O4/c1-13-9-15(11-14-7-8-19(24-2)20(12-14)26(29)30)22-17(10-13)21(23(27)28)16-5-3-4-6-18(16)25-22/h3-8,11-13,24H,9-10H2,1-2H3,(H,27,28)/p-1/b15-11+/t13-/m0/s1. The highest BCUT2D eigenvalue weighted by Crippen LogP contribution is 2.38. The summed E-state index contributed by atoms with van der Waals surface area (Å²) in [4.78, 5) is 27.7. The molecule has 3 aromatic rings. The second-order valence-electron chi connectivity index (χ2n) is 7.59. The lowest BCUT2D eigenvalue weighted by molar-refractivity contribution is -0.384. The molecular weight excluding hydrogens is 382 g/mol. The lowest BCUT2D eigenvalue weighted by Gasteiger charge is -2.27. The number of anilines is 1. The van der Waals surface area contributed by atoms with Gasteiger partial charge < -0.3 is 15.2 Å². The molecule has 0 radical (unpaired) electrons. The average molecular weight is 402 g/mol. The maximum atomic E-state index is 12.0. The van der Waals surface area contributed by atoms with E-state index in [-0.39, 0.29) is 17.2 Å². The van der Waals surface area contributed by atoms with Crippen LogP contribution >= 0.6 is 0 Å². The predicted molar refractivity (Wildman–Crippen MR) is 114 cm³/mol. The van der Waals surface area contributed by atoms with Gasteiger partial charge in [0.05, 0.1) is 22.1 Å². The van der Waals surface area contributed by atoms with E-state index in [4.69, 9.17) is 4.98 Å². The number of carbonyl (C=O) groups excluding carboxylic acids is 1. The number of hydrogen-bond acceptors (Lipinski definition) is 6. The van der Waals surface area contributed by atoms with Crippen molar-refractivity contribution in [2.75, 3.05) is 12.4 Å². The Morgan fingerprint density at radius 2 is 2.00 bits per heavy atom. The topological polar surface area (TPSA) is 108 Å². The number of allylic oxidation sites excluding steroid dienone is 1. The van der Waals surface area contributed by atoms with Crippen molar-refractivity contribution in [3.8, 4) is 0 Å². The molecule has 4 rings (SSSR count). The number of nitro groups is 1. The number of nitrogens with one attached hydrogen (secondary N) is 1. The third-order valence-corrected chi connectivity index (χ3v) is 5.45. The molecule has 1 atom stereocenters. The average Bonchev–Trinajstić information content (AvgIpc) is 2.71. The Balaban J connectivity index is 1.94. The van der Waals surface area contributed by atoms with Crippen molar-refractivity contribution in [2.45, 2.75) is 19.8 Å². The van der Waals surface area contributed by atoms with Crippen molar-refractivity contribution < 1.29 is 14.8 Å². The number of aromatic carboxylic acids is 1. The van der Waals surface area contributed by atoms with E-state index in [1.807, 2.05) is 12.1 Å². The molecule has 0 unspecified atom stereocenters. The van der Waals surface area contributed by atoms with Gasteiger partial charge in [-0.2, -0.15) is 0 Å². The summed E-state index contributed by atoms with van der Waals surface area (Å²) in [5.74, 6) is -1.01. The van der Waals surface area contributed by atoms with Gasteiger partial charge in [-0.25, -0.2) is 4.98 Å². The fourth-order valence-corrected chi connectivity index (χ4v) is 4.17. The van der Waals surface area contributed by atoms with Crippen molar-refractivity contribution in [2.24, 2.45) is 5.92 Å². The van der Waals surface area contributed by atoms with E-state index in [1.165, 1.54) is 6.07 Å². The summed E-state index contributed by atoms with van der Waals surface area (Å²) < 4.78 is 0. The molecular formula is C23H20N3O4-.